The lowest BCUT2D eigenvalue weighted by atomic mass is 9.75. The second-order valence-corrected chi connectivity index (χ2v) is 10.6. The molecule has 1 spiro atoms. The van der Waals surface area contributed by atoms with Crippen molar-refractivity contribution in [2.75, 3.05) is 20.8 Å². The minimum Gasteiger partial charge on any atom is -0.444 e. The SMILES string of the molecule is CO[C@@]1(C)O[C@@H]2[C@@H](C(O)c3ccccc3)C3(CC3)N(C(=O)OC(C)(C)C)C[C@H]2O[C@]1(C)OC. The number of benzene rings is 1. The van der Waals surface area contributed by atoms with Gasteiger partial charge in [-0.3, -0.25) is 4.90 Å². The lowest BCUT2D eigenvalue weighted by Gasteiger charge is -2.59. The molecule has 2 heterocycles. The molecule has 1 aromatic rings. The molecule has 1 unspecified atom stereocenters. The molecule has 2 aliphatic heterocycles. The van der Waals surface area contributed by atoms with Gasteiger partial charge in [-0.05, 0) is 53.0 Å². The molecule has 1 amide bonds. The van der Waals surface area contributed by atoms with Crippen molar-refractivity contribution in [1.82, 2.24) is 4.90 Å². The molecule has 3 aliphatic rings. The van der Waals surface area contributed by atoms with Crippen molar-refractivity contribution in [1.29, 1.82) is 0 Å². The summed E-state index contributed by atoms with van der Waals surface area (Å²) >= 11 is 0. The van der Waals surface area contributed by atoms with Gasteiger partial charge >= 0.3 is 6.09 Å². The number of likely N-dealkylation sites (tertiary alicyclic amines) is 1. The number of carbonyl (C=O) groups excluding carboxylic acids is 1. The van der Waals surface area contributed by atoms with E-state index in [4.69, 9.17) is 23.7 Å². The molecule has 0 bridgehead atoms. The first-order valence-corrected chi connectivity index (χ1v) is 11.6. The third-order valence-corrected chi connectivity index (χ3v) is 7.44. The zero-order valence-electron chi connectivity index (χ0n) is 20.7. The second-order valence-electron chi connectivity index (χ2n) is 10.6. The number of nitrogens with zero attached hydrogens (tertiary/aromatic N) is 1. The third kappa shape index (κ3) is 4.06. The van der Waals surface area contributed by atoms with E-state index in [0.717, 1.165) is 18.4 Å². The van der Waals surface area contributed by atoms with E-state index in [1.54, 1.807) is 25.9 Å². The molecule has 0 radical (unpaired) electrons. The number of aliphatic hydroxyl groups excluding tert-OH is 1. The number of piperidine rings is 1. The van der Waals surface area contributed by atoms with Crippen LogP contribution in [0.4, 0.5) is 4.79 Å². The van der Waals surface area contributed by atoms with E-state index in [0.29, 0.717) is 0 Å². The van der Waals surface area contributed by atoms with Crippen LogP contribution in [0.25, 0.3) is 0 Å². The Balaban J connectivity index is 1.76. The lowest BCUT2D eigenvalue weighted by Crippen LogP contribution is -2.73. The van der Waals surface area contributed by atoms with Gasteiger partial charge in [-0.1, -0.05) is 30.3 Å². The van der Waals surface area contributed by atoms with E-state index in [-0.39, 0.29) is 6.54 Å². The molecule has 184 valence electrons. The molecule has 2 saturated heterocycles. The van der Waals surface area contributed by atoms with Gasteiger partial charge in [0.15, 0.2) is 0 Å². The topological polar surface area (TPSA) is 86.7 Å². The third-order valence-electron chi connectivity index (χ3n) is 7.44. The molecule has 8 nitrogen and oxygen atoms in total. The normalized spacial score (nSPS) is 36.2. The molecule has 4 rings (SSSR count). The minimum absolute atomic E-state index is 0.274. The average Bonchev–Trinajstić information content (AvgIpc) is 3.54. The van der Waals surface area contributed by atoms with Crippen LogP contribution in [-0.2, 0) is 23.7 Å². The summed E-state index contributed by atoms with van der Waals surface area (Å²) in [6.07, 6.45) is -0.846. The summed E-state index contributed by atoms with van der Waals surface area (Å²) in [5.74, 6) is -2.86. The fourth-order valence-electron chi connectivity index (χ4n) is 5.30. The van der Waals surface area contributed by atoms with E-state index in [2.05, 4.69) is 0 Å². The van der Waals surface area contributed by atoms with Gasteiger partial charge in [0.1, 0.15) is 11.7 Å². The van der Waals surface area contributed by atoms with Crippen LogP contribution in [0, 0.1) is 5.92 Å². The summed E-state index contributed by atoms with van der Waals surface area (Å²) in [5.41, 5.74) is -0.462. The van der Waals surface area contributed by atoms with Crippen LogP contribution in [0.5, 0.6) is 0 Å². The minimum atomic E-state index is -1.21. The first-order valence-electron chi connectivity index (χ1n) is 11.6. The van der Waals surface area contributed by atoms with Gasteiger partial charge < -0.3 is 28.8 Å². The van der Waals surface area contributed by atoms with Crippen molar-refractivity contribution in [3.63, 3.8) is 0 Å². The summed E-state index contributed by atoms with van der Waals surface area (Å²) in [7, 11) is 3.08. The van der Waals surface area contributed by atoms with Crippen molar-refractivity contribution in [3.8, 4) is 0 Å². The van der Waals surface area contributed by atoms with Gasteiger partial charge in [-0.25, -0.2) is 4.79 Å². The van der Waals surface area contributed by atoms with Crippen LogP contribution in [-0.4, -0.2) is 71.8 Å². The Morgan fingerprint density at radius 2 is 1.67 bits per heavy atom. The highest BCUT2D eigenvalue weighted by molar-refractivity contribution is 5.70. The van der Waals surface area contributed by atoms with Crippen molar-refractivity contribution >= 4 is 6.09 Å². The Labute approximate surface area is 196 Å². The zero-order valence-corrected chi connectivity index (χ0v) is 20.7. The van der Waals surface area contributed by atoms with Gasteiger partial charge in [0.25, 0.3) is 0 Å². The molecule has 0 aromatic heterocycles. The molecule has 1 N–H and O–H groups in total. The highest BCUT2D eigenvalue weighted by atomic mass is 16.8. The van der Waals surface area contributed by atoms with Crippen LogP contribution < -0.4 is 0 Å². The summed E-state index contributed by atoms with van der Waals surface area (Å²) in [4.78, 5) is 15.1. The van der Waals surface area contributed by atoms with Gasteiger partial charge in [0, 0.05) is 20.1 Å². The monoisotopic (exact) mass is 463 g/mol. The smallest absolute Gasteiger partial charge is 0.410 e. The van der Waals surface area contributed by atoms with Crippen molar-refractivity contribution in [3.05, 3.63) is 35.9 Å². The summed E-state index contributed by atoms with van der Waals surface area (Å²) in [6.45, 7) is 9.35. The van der Waals surface area contributed by atoms with Crippen LogP contribution in [0.2, 0.25) is 0 Å². The van der Waals surface area contributed by atoms with Gasteiger partial charge in [-0.2, -0.15) is 0 Å². The maximum Gasteiger partial charge on any atom is 0.410 e. The molecule has 1 aliphatic carbocycles. The molecule has 1 saturated carbocycles. The molecule has 33 heavy (non-hydrogen) atoms. The Kier molecular flexibility index (Phi) is 6.07. The van der Waals surface area contributed by atoms with E-state index < -0.39 is 53.0 Å². The van der Waals surface area contributed by atoms with Crippen LogP contribution in [0.15, 0.2) is 30.3 Å². The van der Waals surface area contributed by atoms with E-state index >= 15 is 0 Å². The van der Waals surface area contributed by atoms with Crippen LogP contribution in [0.1, 0.15) is 59.1 Å². The maximum absolute atomic E-state index is 13.3. The summed E-state index contributed by atoms with van der Waals surface area (Å²) in [6, 6.07) is 9.47. The molecule has 3 fully saturated rings. The van der Waals surface area contributed by atoms with E-state index in [9.17, 15) is 9.90 Å². The highest BCUT2D eigenvalue weighted by Gasteiger charge is 2.70. The van der Waals surface area contributed by atoms with Gasteiger partial charge in [0.2, 0.25) is 11.6 Å². The number of rotatable bonds is 4. The first kappa shape index (κ1) is 24.4. The maximum atomic E-state index is 13.3. The van der Waals surface area contributed by atoms with E-state index in [1.165, 1.54) is 7.11 Å². The molecule has 1 aromatic carbocycles. The fraction of sp³-hybridized carbons (Fsp3) is 0.720. The second kappa shape index (κ2) is 8.20. The quantitative estimate of drug-likeness (QED) is 0.730. The largest absolute Gasteiger partial charge is 0.444 e. The number of fused-ring (bicyclic) bond motifs is 1. The molecule has 8 heteroatoms. The Morgan fingerprint density at radius 3 is 2.18 bits per heavy atom. The standard InChI is InChI=1S/C25H37NO7/c1-22(2,3)33-21(28)26-15-17-20(32-24(5,30-7)23(4,29-6)31-17)18(25(26)13-14-25)19(27)16-11-9-8-10-12-16/h8-12,17-20,27H,13-15H2,1-7H3/t17-,18-,19?,20+,23+,24+/m1/s1. The lowest BCUT2D eigenvalue weighted by molar-refractivity contribution is -0.460. The molecule has 6 atom stereocenters. The van der Waals surface area contributed by atoms with Crippen molar-refractivity contribution < 1.29 is 33.6 Å². The Hall–Kier alpha value is -1.71. The average molecular weight is 464 g/mol. The molecular weight excluding hydrogens is 426 g/mol. The number of carbonyl (C=O) groups is 1. The van der Waals surface area contributed by atoms with Crippen molar-refractivity contribution in [2.24, 2.45) is 5.92 Å². The highest BCUT2D eigenvalue weighted by Crippen LogP contribution is 2.59. The number of amides is 1. The zero-order chi connectivity index (χ0) is 24.2. The number of hydrogen-bond acceptors (Lipinski definition) is 7. The van der Waals surface area contributed by atoms with E-state index in [1.807, 2.05) is 51.1 Å². The number of aliphatic hydroxyl groups is 1. The van der Waals surface area contributed by atoms with Crippen LogP contribution >= 0.6 is 0 Å². The van der Waals surface area contributed by atoms with Gasteiger partial charge in [0.05, 0.1) is 24.3 Å². The van der Waals surface area contributed by atoms with Crippen LogP contribution in [0.3, 0.4) is 0 Å². The number of methoxy groups -OCH3 is 2. The van der Waals surface area contributed by atoms with Gasteiger partial charge in [-0.15, -0.1) is 0 Å². The predicted molar refractivity (Wildman–Crippen MR) is 120 cm³/mol. The Bertz CT molecular complexity index is 867. The predicted octanol–water partition coefficient (Wildman–Crippen LogP) is 3.63. The van der Waals surface area contributed by atoms with Crippen molar-refractivity contribution in [2.45, 2.75) is 88.5 Å². The fourth-order valence-corrected chi connectivity index (χ4v) is 5.30. The Morgan fingerprint density at radius 1 is 1.09 bits per heavy atom. The molecular formula is C25H37NO7. The number of hydrogen-bond donors (Lipinski definition) is 1. The number of ether oxygens (including phenoxy) is 5. The summed E-state index contributed by atoms with van der Waals surface area (Å²) in [5, 5.41) is 11.6. The first-order chi connectivity index (χ1) is 15.4. The summed E-state index contributed by atoms with van der Waals surface area (Å²) < 4.78 is 30.2.